The van der Waals surface area contributed by atoms with Crippen LogP contribution in [0, 0.1) is 5.92 Å². The molecule has 0 spiro atoms. The number of piperidine rings is 2. The van der Waals surface area contributed by atoms with E-state index in [-0.39, 0.29) is 30.3 Å². The summed E-state index contributed by atoms with van der Waals surface area (Å²) in [6.07, 6.45) is 5.88. The Morgan fingerprint density at radius 3 is 2.38 bits per heavy atom. The fourth-order valence-electron chi connectivity index (χ4n) is 7.92. The van der Waals surface area contributed by atoms with Crippen molar-refractivity contribution in [1.29, 1.82) is 0 Å². The number of para-hydroxylation sites is 1. The highest BCUT2D eigenvalue weighted by Gasteiger charge is 2.35. The number of benzene rings is 2. The minimum absolute atomic E-state index is 0.000113. The molecule has 0 bridgehead atoms. The first kappa shape index (κ1) is 33.6. The second-order valence-corrected chi connectivity index (χ2v) is 14.0. The Hall–Kier alpha value is -3.34. The molecule has 11 heteroatoms. The molecular weight excluding hydrogens is 614 g/mol. The molecule has 10 nitrogen and oxygen atoms in total. The van der Waals surface area contributed by atoms with E-state index in [0.717, 1.165) is 87.1 Å². The zero-order valence-electron chi connectivity index (χ0n) is 27.7. The molecule has 2 aromatic rings. The second-order valence-electron chi connectivity index (χ2n) is 13.6. The molecule has 0 aromatic heterocycles. The first-order valence-electron chi connectivity index (χ1n) is 17.5. The first-order chi connectivity index (χ1) is 22.8. The number of aryl methyl sites for hydroxylation is 1. The number of fused-ring (bicyclic) bond motifs is 1. The highest BCUT2D eigenvalue weighted by Crippen LogP contribution is 2.29. The number of nitrogen functional groups attached to an aromatic ring is 1. The van der Waals surface area contributed by atoms with Gasteiger partial charge in [-0.3, -0.25) is 14.5 Å². The molecule has 254 valence electrons. The van der Waals surface area contributed by atoms with Gasteiger partial charge in [-0.25, -0.2) is 4.79 Å². The molecule has 47 heavy (non-hydrogen) atoms. The van der Waals surface area contributed by atoms with Crippen molar-refractivity contribution in [3.05, 3.63) is 58.1 Å². The number of anilines is 2. The monoisotopic (exact) mass is 663 g/mol. The van der Waals surface area contributed by atoms with E-state index in [0.29, 0.717) is 55.9 Å². The van der Waals surface area contributed by atoms with Gasteiger partial charge < -0.3 is 31.1 Å². The zero-order valence-corrected chi connectivity index (χ0v) is 28.4. The van der Waals surface area contributed by atoms with Gasteiger partial charge in [-0.1, -0.05) is 42.8 Å². The fourth-order valence-corrected chi connectivity index (χ4v) is 8.18. The lowest BCUT2D eigenvalue weighted by molar-refractivity contribution is -0.143. The number of nitrogens with zero attached hydrogens (tertiary/aromatic N) is 4. The molecule has 1 atom stereocenters. The molecule has 0 aliphatic carbocycles. The number of hydrogen-bond acceptors (Lipinski definition) is 6. The van der Waals surface area contributed by atoms with E-state index in [9.17, 15) is 14.4 Å². The largest absolute Gasteiger partial charge is 0.397 e. The maximum Gasteiger partial charge on any atom is 0.322 e. The minimum atomic E-state index is -0.482. The van der Waals surface area contributed by atoms with Crippen molar-refractivity contribution in [1.82, 2.24) is 24.9 Å². The second kappa shape index (κ2) is 15.3. The Balaban J connectivity index is 1.10. The van der Waals surface area contributed by atoms with Gasteiger partial charge in [0, 0.05) is 70.0 Å². The number of carbonyl (C=O) groups excluding carboxylic acids is 3. The lowest BCUT2D eigenvalue weighted by Crippen LogP contribution is -2.55. The molecule has 4 aliphatic heterocycles. The lowest BCUT2D eigenvalue weighted by atomic mass is 9.91. The molecule has 2 aromatic carbocycles. The first-order valence-corrected chi connectivity index (χ1v) is 17.9. The maximum absolute atomic E-state index is 14.1. The Morgan fingerprint density at radius 2 is 1.66 bits per heavy atom. The summed E-state index contributed by atoms with van der Waals surface area (Å²) >= 11 is 6.51. The maximum atomic E-state index is 14.1. The van der Waals surface area contributed by atoms with Crippen LogP contribution in [0.3, 0.4) is 0 Å². The van der Waals surface area contributed by atoms with Gasteiger partial charge in [0.25, 0.3) is 0 Å². The number of urea groups is 1. The number of hydrogen-bond donors (Lipinski definition) is 3. The predicted octanol–water partition coefficient (Wildman–Crippen LogP) is 4.01. The summed E-state index contributed by atoms with van der Waals surface area (Å²) < 4.78 is 0. The van der Waals surface area contributed by atoms with Crippen LogP contribution in [0.15, 0.2) is 36.4 Å². The minimum Gasteiger partial charge on any atom is -0.397 e. The molecule has 4 amide bonds. The van der Waals surface area contributed by atoms with E-state index in [1.165, 1.54) is 0 Å². The molecule has 0 saturated carbocycles. The molecule has 0 radical (unpaired) electrons. The number of nitrogens with two attached hydrogens (primary N) is 1. The highest BCUT2D eigenvalue weighted by atomic mass is 35.5. The Labute approximate surface area is 283 Å². The molecule has 6 rings (SSSR count). The third kappa shape index (κ3) is 7.87. The normalized spacial score (nSPS) is 20.8. The smallest absolute Gasteiger partial charge is 0.322 e. The van der Waals surface area contributed by atoms with Crippen LogP contribution in [0.1, 0.15) is 55.7 Å². The topological polar surface area (TPSA) is 114 Å². The number of carbonyl (C=O) groups is 3. The predicted molar refractivity (Wildman–Crippen MR) is 187 cm³/mol. The van der Waals surface area contributed by atoms with Gasteiger partial charge in [0.1, 0.15) is 0 Å². The van der Waals surface area contributed by atoms with Crippen molar-refractivity contribution in [2.45, 2.75) is 70.4 Å². The van der Waals surface area contributed by atoms with E-state index in [1.807, 2.05) is 52.0 Å². The molecular formula is C36H50ClN7O3. The number of rotatable bonds is 8. The zero-order chi connectivity index (χ0) is 32.9. The molecule has 4 N–H and O–H groups in total. The molecule has 0 unspecified atom stereocenters. The van der Waals surface area contributed by atoms with Crippen LogP contribution in [0.2, 0.25) is 5.02 Å². The van der Waals surface area contributed by atoms with Crippen molar-refractivity contribution >= 4 is 40.8 Å². The van der Waals surface area contributed by atoms with Gasteiger partial charge in [0.2, 0.25) is 11.8 Å². The molecule has 3 saturated heterocycles. The van der Waals surface area contributed by atoms with Gasteiger partial charge in [0.05, 0.1) is 16.6 Å². The summed E-state index contributed by atoms with van der Waals surface area (Å²) in [5.74, 6) is -0.435. The Bertz CT molecular complexity index is 1430. The third-order valence-electron chi connectivity index (χ3n) is 10.8. The van der Waals surface area contributed by atoms with E-state index >= 15 is 0 Å². The number of nitrogens with one attached hydrogen (secondary N) is 2. The summed E-state index contributed by atoms with van der Waals surface area (Å²) in [4.78, 5) is 49.4. The standard InChI is InChI=1S/C36H50ClN7O3/c1-2-26-21-25(23-31(37)34(26)38)22-28(35(46)43-19-17-41(18-20-43)29-7-12-39-13-8-29)24-33(45)42-14-10-30(11-15-42)44-16-9-27-5-3-4-6-32(27)40-36(44)47/h3-6,21,23,28-30,39H,2,7-20,22,24,38H2,1H3,(H,40,47)/t28-/m0/s1. The number of piperazine rings is 1. The van der Waals surface area contributed by atoms with Gasteiger partial charge in [0.15, 0.2) is 0 Å². The van der Waals surface area contributed by atoms with E-state index in [4.69, 9.17) is 17.3 Å². The van der Waals surface area contributed by atoms with Crippen molar-refractivity contribution in [3.8, 4) is 0 Å². The van der Waals surface area contributed by atoms with E-state index < -0.39 is 5.92 Å². The van der Waals surface area contributed by atoms with Crippen LogP contribution in [0.25, 0.3) is 0 Å². The molecule has 4 aliphatic rings. The van der Waals surface area contributed by atoms with Crippen LogP contribution in [0.4, 0.5) is 16.2 Å². The summed E-state index contributed by atoms with van der Waals surface area (Å²) in [5, 5.41) is 7.01. The summed E-state index contributed by atoms with van der Waals surface area (Å²) in [6, 6.07) is 12.4. The summed E-state index contributed by atoms with van der Waals surface area (Å²) in [6.45, 7) is 9.05. The quantitative estimate of drug-likeness (QED) is 0.368. The average Bonchev–Trinajstić information content (AvgIpc) is 3.27. The van der Waals surface area contributed by atoms with Crippen LogP contribution < -0.4 is 16.4 Å². The van der Waals surface area contributed by atoms with Crippen molar-refractivity contribution < 1.29 is 14.4 Å². The van der Waals surface area contributed by atoms with Gasteiger partial charge in [-0.05, 0) is 86.9 Å². The molecule has 4 heterocycles. The van der Waals surface area contributed by atoms with Gasteiger partial charge in [-0.15, -0.1) is 0 Å². The Kier molecular flexibility index (Phi) is 10.9. The van der Waals surface area contributed by atoms with Crippen LogP contribution in [-0.2, 0) is 28.9 Å². The summed E-state index contributed by atoms with van der Waals surface area (Å²) in [7, 11) is 0. The Morgan fingerprint density at radius 1 is 0.936 bits per heavy atom. The van der Waals surface area contributed by atoms with Crippen molar-refractivity contribution in [3.63, 3.8) is 0 Å². The number of halogens is 1. The van der Waals surface area contributed by atoms with Crippen LogP contribution in [0.5, 0.6) is 0 Å². The third-order valence-corrected chi connectivity index (χ3v) is 11.1. The fraction of sp³-hybridized carbons (Fsp3) is 0.583. The van der Waals surface area contributed by atoms with Gasteiger partial charge in [-0.2, -0.15) is 0 Å². The lowest BCUT2D eigenvalue weighted by Gasteiger charge is -2.42. The van der Waals surface area contributed by atoms with Crippen LogP contribution in [-0.4, -0.2) is 108 Å². The number of amides is 4. The number of likely N-dealkylation sites (tertiary alicyclic amines) is 1. The van der Waals surface area contributed by atoms with E-state index in [2.05, 4.69) is 21.6 Å². The SMILES string of the molecule is CCc1cc(C[C@@H](CC(=O)N2CCC(N3CCc4ccccc4NC3=O)CC2)C(=O)N2CCN(C3CCNCC3)CC2)cc(Cl)c1N. The average molecular weight is 664 g/mol. The van der Waals surface area contributed by atoms with Crippen LogP contribution >= 0.6 is 11.6 Å². The van der Waals surface area contributed by atoms with Crippen molar-refractivity contribution in [2.75, 3.05) is 70.0 Å². The van der Waals surface area contributed by atoms with Crippen molar-refractivity contribution in [2.24, 2.45) is 5.92 Å². The summed E-state index contributed by atoms with van der Waals surface area (Å²) in [5.41, 5.74) is 10.7. The highest BCUT2D eigenvalue weighted by molar-refractivity contribution is 6.33. The van der Waals surface area contributed by atoms with E-state index in [1.54, 1.807) is 0 Å². The molecule has 3 fully saturated rings. The van der Waals surface area contributed by atoms with Gasteiger partial charge >= 0.3 is 6.03 Å².